The van der Waals surface area contributed by atoms with Gasteiger partial charge in [0, 0.05) is 17.1 Å². The van der Waals surface area contributed by atoms with Gasteiger partial charge >= 0.3 is 0 Å². The van der Waals surface area contributed by atoms with E-state index in [1.165, 1.54) is 6.33 Å². The smallest absolute Gasteiger partial charge is 0.154 e. The molecule has 2 aromatic heterocycles. The van der Waals surface area contributed by atoms with Crippen molar-refractivity contribution in [2.75, 3.05) is 5.32 Å². The molecule has 0 spiro atoms. The molecule has 0 aliphatic carbocycles. The average molecular weight is 227 g/mol. The first-order valence-electron chi connectivity index (χ1n) is 5.29. The monoisotopic (exact) mass is 227 g/mol. The highest BCUT2D eigenvalue weighted by molar-refractivity contribution is 5.88. The van der Waals surface area contributed by atoms with Gasteiger partial charge in [0.05, 0.1) is 0 Å². The molecule has 0 aliphatic rings. The largest absolute Gasteiger partial charge is 0.364 e. The third-order valence-electron chi connectivity index (χ3n) is 2.10. The number of nitrogens with zero attached hydrogens (tertiary/aromatic N) is 4. The zero-order valence-electron chi connectivity index (χ0n) is 10.0. The zero-order valence-corrected chi connectivity index (χ0v) is 10.0. The lowest BCUT2D eigenvalue weighted by Crippen LogP contribution is -2.27. The SMILES string of the molecule is CC(C)(C)Nc1nc(C#N)cc2cncnc12. The number of hydrogen-bond donors (Lipinski definition) is 1. The van der Waals surface area contributed by atoms with E-state index < -0.39 is 0 Å². The molecule has 0 saturated carbocycles. The molecule has 5 heteroatoms. The van der Waals surface area contributed by atoms with E-state index in [1.807, 2.05) is 26.8 Å². The molecule has 0 radical (unpaired) electrons. The van der Waals surface area contributed by atoms with Crippen molar-refractivity contribution in [3.63, 3.8) is 0 Å². The van der Waals surface area contributed by atoms with E-state index in [0.717, 1.165) is 10.9 Å². The van der Waals surface area contributed by atoms with Crippen LogP contribution < -0.4 is 5.32 Å². The summed E-state index contributed by atoms with van der Waals surface area (Å²) in [5.41, 5.74) is 0.951. The maximum Gasteiger partial charge on any atom is 0.154 e. The molecule has 0 saturated heterocycles. The number of rotatable bonds is 1. The van der Waals surface area contributed by atoms with Crippen LogP contribution in [0.3, 0.4) is 0 Å². The second-order valence-electron chi connectivity index (χ2n) is 4.80. The number of aromatic nitrogens is 3. The maximum atomic E-state index is 8.94. The number of hydrogen-bond acceptors (Lipinski definition) is 5. The summed E-state index contributed by atoms with van der Waals surface area (Å²) in [6.07, 6.45) is 3.16. The Hall–Kier alpha value is -2.22. The molecule has 1 N–H and O–H groups in total. The van der Waals surface area contributed by atoms with Crippen LogP contribution in [-0.2, 0) is 0 Å². The van der Waals surface area contributed by atoms with Gasteiger partial charge in [0.15, 0.2) is 5.82 Å². The van der Waals surface area contributed by atoms with Crippen molar-refractivity contribution in [3.8, 4) is 6.07 Å². The van der Waals surface area contributed by atoms with Crippen LogP contribution in [0.2, 0.25) is 0 Å². The van der Waals surface area contributed by atoms with E-state index >= 15 is 0 Å². The van der Waals surface area contributed by atoms with E-state index in [0.29, 0.717) is 11.5 Å². The Balaban J connectivity index is 2.64. The first kappa shape index (κ1) is 11.3. The van der Waals surface area contributed by atoms with Gasteiger partial charge in [0.25, 0.3) is 0 Å². The summed E-state index contributed by atoms with van der Waals surface area (Å²) >= 11 is 0. The molecular formula is C12H13N5. The Morgan fingerprint density at radius 3 is 2.76 bits per heavy atom. The number of anilines is 1. The highest BCUT2D eigenvalue weighted by atomic mass is 15.1. The van der Waals surface area contributed by atoms with Crippen molar-refractivity contribution < 1.29 is 0 Å². The molecule has 0 unspecified atom stereocenters. The van der Waals surface area contributed by atoms with Crippen LogP contribution in [0.5, 0.6) is 0 Å². The second kappa shape index (κ2) is 3.98. The first-order valence-corrected chi connectivity index (χ1v) is 5.29. The molecule has 2 rings (SSSR count). The van der Waals surface area contributed by atoms with Gasteiger partial charge in [0.1, 0.15) is 23.6 Å². The van der Waals surface area contributed by atoms with Gasteiger partial charge in [-0.15, -0.1) is 0 Å². The van der Waals surface area contributed by atoms with E-state index in [4.69, 9.17) is 5.26 Å². The molecular weight excluding hydrogens is 214 g/mol. The van der Waals surface area contributed by atoms with Crippen LogP contribution in [0.1, 0.15) is 26.5 Å². The number of pyridine rings is 1. The predicted molar refractivity (Wildman–Crippen MR) is 65.4 cm³/mol. The fourth-order valence-electron chi connectivity index (χ4n) is 1.50. The minimum atomic E-state index is -0.140. The van der Waals surface area contributed by atoms with Crippen LogP contribution in [0.15, 0.2) is 18.6 Å². The predicted octanol–water partition coefficient (Wildman–Crippen LogP) is 2.11. The van der Waals surface area contributed by atoms with Gasteiger partial charge in [-0.1, -0.05) is 0 Å². The summed E-state index contributed by atoms with van der Waals surface area (Å²) in [6, 6.07) is 3.72. The molecule has 0 amide bonds. The number of nitrogens with one attached hydrogen (secondary N) is 1. The van der Waals surface area contributed by atoms with Crippen molar-refractivity contribution in [2.24, 2.45) is 0 Å². The van der Waals surface area contributed by atoms with Gasteiger partial charge in [0.2, 0.25) is 0 Å². The topological polar surface area (TPSA) is 74.5 Å². The standard InChI is InChI=1S/C12H13N5/c1-12(2,3)17-11-10-8(6-14-7-15-10)4-9(5-13)16-11/h4,6-7H,1-3H3,(H,16,17). The highest BCUT2D eigenvalue weighted by Crippen LogP contribution is 2.22. The Labute approximate surface area is 99.5 Å². The third kappa shape index (κ3) is 2.48. The van der Waals surface area contributed by atoms with Crippen molar-refractivity contribution in [3.05, 3.63) is 24.3 Å². The average Bonchev–Trinajstić information content (AvgIpc) is 2.26. The minimum Gasteiger partial charge on any atom is -0.364 e. The van der Waals surface area contributed by atoms with Crippen LogP contribution in [0.4, 0.5) is 5.82 Å². The summed E-state index contributed by atoms with van der Waals surface area (Å²) in [5, 5.41) is 13.0. The number of nitriles is 1. The maximum absolute atomic E-state index is 8.94. The summed E-state index contributed by atoms with van der Waals surface area (Å²) in [5.74, 6) is 0.619. The van der Waals surface area contributed by atoms with Crippen molar-refractivity contribution in [1.29, 1.82) is 5.26 Å². The normalized spacial score (nSPS) is 11.2. The lowest BCUT2D eigenvalue weighted by Gasteiger charge is -2.21. The van der Waals surface area contributed by atoms with Crippen molar-refractivity contribution in [2.45, 2.75) is 26.3 Å². The van der Waals surface area contributed by atoms with Gasteiger partial charge in [-0.25, -0.2) is 15.0 Å². The fraction of sp³-hybridized carbons (Fsp3) is 0.333. The van der Waals surface area contributed by atoms with Gasteiger partial charge in [-0.2, -0.15) is 5.26 Å². The molecule has 2 heterocycles. The number of fused-ring (bicyclic) bond motifs is 1. The van der Waals surface area contributed by atoms with Crippen LogP contribution in [0.25, 0.3) is 10.9 Å². The fourth-order valence-corrected chi connectivity index (χ4v) is 1.50. The Morgan fingerprint density at radius 1 is 1.35 bits per heavy atom. The van der Waals surface area contributed by atoms with Crippen molar-refractivity contribution >= 4 is 16.7 Å². The summed E-state index contributed by atoms with van der Waals surface area (Å²) < 4.78 is 0. The molecule has 86 valence electrons. The summed E-state index contributed by atoms with van der Waals surface area (Å²) in [6.45, 7) is 6.09. The molecule has 0 atom stereocenters. The summed E-state index contributed by atoms with van der Waals surface area (Å²) in [7, 11) is 0. The highest BCUT2D eigenvalue weighted by Gasteiger charge is 2.14. The van der Waals surface area contributed by atoms with Crippen molar-refractivity contribution in [1.82, 2.24) is 15.0 Å². The third-order valence-corrected chi connectivity index (χ3v) is 2.10. The van der Waals surface area contributed by atoms with E-state index in [1.54, 1.807) is 12.3 Å². The van der Waals surface area contributed by atoms with Crippen LogP contribution >= 0.6 is 0 Å². The Kier molecular flexibility index (Phi) is 2.64. The van der Waals surface area contributed by atoms with Crippen LogP contribution in [-0.4, -0.2) is 20.5 Å². The molecule has 17 heavy (non-hydrogen) atoms. The van der Waals surface area contributed by atoms with E-state index in [9.17, 15) is 0 Å². The van der Waals surface area contributed by atoms with E-state index in [-0.39, 0.29) is 5.54 Å². The van der Waals surface area contributed by atoms with Crippen LogP contribution in [0, 0.1) is 11.3 Å². The lowest BCUT2D eigenvalue weighted by atomic mass is 10.1. The molecule has 5 nitrogen and oxygen atoms in total. The Bertz CT molecular complexity index is 592. The van der Waals surface area contributed by atoms with Gasteiger partial charge < -0.3 is 5.32 Å². The lowest BCUT2D eigenvalue weighted by molar-refractivity contribution is 0.631. The molecule has 0 aliphatic heterocycles. The zero-order chi connectivity index (χ0) is 12.5. The van der Waals surface area contributed by atoms with E-state index in [2.05, 4.69) is 20.3 Å². The quantitative estimate of drug-likeness (QED) is 0.807. The first-order chi connectivity index (χ1) is 7.99. The molecule has 2 aromatic rings. The molecule has 0 bridgehead atoms. The summed E-state index contributed by atoms with van der Waals surface area (Å²) in [4.78, 5) is 12.4. The second-order valence-corrected chi connectivity index (χ2v) is 4.80. The Morgan fingerprint density at radius 2 is 2.12 bits per heavy atom. The minimum absolute atomic E-state index is 0.140. The molecule has 0 aromatic carbocycles. The van der Waals surface area contributed by atoms with Gasteiger partial charge in [-0.3, -0.25) is 0 Å². The molecule has 0 fully saturated rings. The van der Waals surface area contributed by atoms with Gasteiger partial charge in [-0.05, 0) is 26.8 Å².